The molecule has 4 rings (SSSR count). The van der Waals surface area contributed by atoms with Crippen molar-refractivity contribution in [3.05, 3.63) is 0 Å². The zero-order valence-corrected chi connectivity index (χ0v) is 17.5. The number of hydrogen-bond acceptors (Lipinski definition) is 12. The van der Waals surface area contributed by atoms with Crippen LogP contribution in [-0.2, 0) is 14.2 Å². The molecule has 0 aromatic carbocycles. The van der Waals surface area contributed by atoms with Gasteiger partial charge in [-0.3, -0.25) is 14.7 Å². The Kier molecular flexibility index (Phi) is 8.23. The second-order valence-electron chi connectivity index (χ2n) is 7.50. The standard InChI is InChI=1S/C18H33N9O3/c1-7-28-8-2-25(1)13-19-16-22-17(20-14-26-3-9-29-10-4-26)24-18(23-16)21-15-27-5-11-30-12-6-27/h1-15H2,(H3,19,20,21,22,23,24). The van der Waals surface area contributed by atoms with Gasteiger partial charge in [0.15, 0.2) is 0 Å². The van der Waals surface area contributed by atoms with E-state index in [9.17, 15) is 0 Å². The van der Waals surface area contributed by atoms with Crippen LogP contribution in [0, 0.1) is 0 Å². The average Bonchev–Trinajstić information content (AvgIpc) is 2.82. The summed E-state index contributed by atoms with van der Waals surface area (Å²) in [5.41, 5.74) is 0. The monoisotopic (exact) mass is 423 g/mol. The number of nitrogens with one attached hydrogen (secondary N) is 3. The lowest BCUT2D eigenvalue weighted by Gasteiger charge is -2.28. The first-order valence-corrected chi connectivity index (χ1v) is 10.7. The SMILES string of the molecule is C1CN(CNc2nc(NCN3CCOCC3)nc(NCN3CCOCC3)n2)CCO1. The van der Waals surface area contributed by atoms with Crippen LogP contribution in [0.4, 0.5) is 17.8 Å². The van der Waals surface area contributed by atoms with E-state index >= 15 is 0 Å². The lowest BCUT2D eigenvalue weighted by Crippen LogP contribution is -2.40. The normalized spacial score (nSPS) is 22.0. The summed E-state index contributed by atoms with van der Waals surface area (Å²) in [4.78, 5) is 20.5. The third-order valence-corrected chi connectivity index (χ3v) is 5.33. The van der Waals surface area contributed by atoms with E-state index in [-0.39, 0.29) is 0 Å². The molecule has 30 heavy (non-hydrogen) atoms. The highest BCUT2D eigenvalue weighted by Crippen LogP contribution is 2.11. The predicted octanol–water partition coefficient (Wildman–Crippen LogP) is -1.02. The van der Waals surface area contributed by atoms with Crippen LogP contribution in [0.25, 0.3) is 0 Å². The van der Waals surface area contributed by atoms with Gasteiger partial charge in [0.2, 0.25) is 17.8 Å². The van der Waals surface area contributed by atoms with Gasteiger partial charge in [0.25, 0.3) is 0 Å². The van der Waals surface area contributed by atoms with E-state index in [0.29, 0.717) is 37.9 Å². The fraction of sp³-hybridized carbons (Fsp3) is 0.833. The van der Waals surface area contributed by atoms with Crippen LogP contribution >= 0.6 is 0 Å². The van der Waals surface area contributed by atoms with Crippen LogP contribution in [0.15, 0.2) is 0 Å². The van der Waals surface area contributed by atoms with Gasteiger partial charge in [-0.1, -0.05) is 0 Å². The van der Waals surface area contributed by atoms with Gasteiger partial charge in [-0.05, 0) is 0 Å². The minimum atomic E-state index is 0.561. The summed E-state index contributed by atoms with van der Waals surface area (Å²) in [7, 11) is 0. The Morgan fingerprint density at radius 1 is 0.500 bits per heavy atom. The Morgan fingerprint density at radius 3 is 1.03 bits per heavy atom. The lowest BCUT2D eigenvalue weighted by molar-refractivity contribution is 0.0412. The molecule has 0 unspecified atom stereocenters. The zero-order valence-electron chi connectivity index (χ0n) is 17.5. The molecule has 3 fully saturated rings. The fourth-order valence-corrected chi connectivity index (χ4v) is 3.44. The second-order valence-corrected chi connectivity index (χ2v) is 7.50. The lowest BCUT2D eigenvalue weighted by atomic mass is 10.4. The van der Waals surface area contributed by atoms with Gasteiger partial charge in [-0.15, -0.1) is 0 Å². The molecule has 0 amide bonds. The minimum absolute atomic E-state index is 0.561. The molecule has 1 aromatic rings. The van der Waals surface area contributed by atoms with Gasteiger partial charge in [0.1, 0.15) is 0 Å². The molecule has 0 radical (unpaired) electrons. The molecule has 0 bridgehead atoms. The molecule has 3 N–H and O–H groups in total. The van der Waals surface area contributed by atoms with Crippen molar-refractivity contribution in [3.8, 4) is 0 Å². The highest BCUT2D eigenvalue weighted by molar-refractivity contribution is 5.42. The van der Waals surface area contributed by atoms with E-state index in [4.69, 9.17) is 14.2 Å². The van der Waals surface area contributed by atoms with E-state index in [1.54, 1.807) is 0 Å². The van der Waals surface area contributed by atoms with Gasteiger partial charge in [-0.2, -0.15) is 15.0 Å². The maximum Gasteiger partial charge on any atom is 0.230 e. The first-order chi connectivity index (χ1) is 14.8. The van der Waals surface area contributed by atoms with E-state index in [1.807, 2.05) is 0 Å². The summed E-state index contributed by atoms with van der Waals surface area (Å²) in [6.45, 7) is 12.0. The Hall–Kier alpha value is -1.83. The van der Waals surface area contributed by atoms with E-state index in [1.165, 1.54) is 0 Å². The molecule has 4 heterocycles. The summed E-state index contributed by atoms with van der Waals surface area (Å²) in [5, 5.41) is 10.00. The van der Waals surface area contributed by atoms with E-state index in [2.05, 4.69) is 45.6 Å². The third-order valence-electron chi connectivity index (χ3n) is 5.33. The smallest absolute Gasteiger partial charge is 0.230 e. The summed E-state index contributed by atoms with van der Waals surface area (Å²) in [5.74, 6) is 1.68. The molecule has 12 nitrogen and oxygen atoms in total. The molecule has 3 saturated heterocycles. The van der Waals surface area contributed by atoms with E-state index in [0.717, 1.165) is 78.9 Å². The van der Waals surface area contributed by atoms with Crippen molar-refractivity contribution in [3.63, 3.8) is 0 Å². The number of rotatable bonds is 9. The first kappa shape index (κ1) is 21.4. The molecule has 1 aromatic heterocycles. The van der Waals surface area contributed by atoms with Crippen LogP contribution in [0.2, 0.25) is 0 Å². The molecule has 0 atom stereocenters. The molecule has 0 aliphatic carbocycles. The van der Waals surface area contributed by atoms with Crippen LogP contribution in [0.5, 0.6) is 0 Å². The van der Waals surface area contributed by atoms with Gasteiger partial charge < -0.3 is 30.2 Å². The summed E-state index contributed by atoms with van der Waals surface area (Å²) >= 11 is 0. The fourth-order valence-electron chi connectivity index (χ4n) is 3.44. The van der Waals surface area contributed by atoms with Crippen molar-refractivity contribution >= 4 is 17.8 Å². The van der Waals surface area contributed by atoms with Crippen molar-refractivity contribution in [1.82, 2.24) is 29.7 Å². The van der Waals surface area contributed by atoms with Crippen LogP contribution in [0.3, 0.4) is 0 Å². The molecule has 3 aliphatic rings. The number of hydrogen-bond donors (Lipinski definition) is 3. The summed E-state index contributed by atoms with van der Waals surface area (Å²) < 4.78 is 16.2. The van der Waals surface area contributed by atoms with Crippen LogP contribution in [0.1, 0.15) is 0 Å². The van der Waals surface area contributed by atoms with Gasteiger partial charge in [0, 0.05) is 39.3 Å². The number of morpholine rings is 3. The number of anilines is 3. The van der Waals surface area contributed by atoms with Crippen molar-refractivity contribution in [1.29, 1.82) is 0 Å². The topological polar surface area (TPSA) is 112 Å². The Balaban J connectivity index is 1.36. The Bertz CT molecular complexity index is 537. The maximum absolute atomic E-state index is 5.41. The number of ether oxygens (including phenoxy) is 3. The van der Waals surface area contributed by atoms with Crippen LogP contribution < -0.4 is 16.0 Å². The molecule has 0 spiro atoms. The Morgan fingerprint density at radius 2 is 0.767 bits per heavy atom. The van der Waals surface area contributed by atoms with Crippen LogP contribution in [-0.4, -0.2) is 129 Å². The average molecular weight is 424 g/mol. The van der Waals surface area contributed by atoms with Gasteiger partial charge >= 0.3 is 0 Å². The van der Waals surface area contributed by atoms with Gasteiger partial charge in [0.05, 0.1) is 59.6 Å². The molecule has 0 saturated carbocycles. The van der Waals surface area contributed by atoms with Crippen molar-refractivity contribution in [2.24, 2.45) is 0 Å². The minimum Gasteiger partial charge on any atom is -0.379 e. The molecular formula is C18H33N9O3. The molecule has 3 aliphatic heterocycles. The molecular weight excluding hydrogens is 390 g/mol. The van der Waals surface area contributed by atoms with Crippen molar-refractivity contribution in [2.45, 2.75) is 0 Å². The van der Waals surface area contributed by atoms with E-state index < -0.39 is 0 Å². The largest absolute Gasteiger partial charge is 0.379 e. The predicted molar refractivity (Wildman–Crippen MR) is 112 cm³/mol. The van der Waals surface area contributed by atoms with Gasteiger partial charge in [-0.25, -0.2) is 0 Å². The maximum atomic E-state index is 5.41. The quantitative estimate of drug-likeness (QED) is 0.452. The summed E-state index contributed by atoms with van der Waals surface area (Å²) in [6, 6.07) is 0. The van der Waals surface area contributed by atoms with Crippen molar-refractivity contribution < 1.29 is 14.2 Å². The number of aromatic nitrogens is 3. The highest BCUT2D eigenvalue weighted by atomic mass is 16.5. The highest BCUT2D eigenvalue weighted by Gasteiger charge is 2.15. The number of nitrogens with zero attached hydrogens (tertiary/aromatic N) is 6. The third kappa shape index (κ3) is 6.86. The second kappa shape index (κ2) is 11.5. The van der Waals surface area contributed by atoms with Crippen molar-refractivity contribution in [2.75, 3.05) is 115 Å². The summed E-state index contributed by atoms with van der Waals surface area (Å²) in [6.07, 6.45) is 0. The first-order valence-electron chi connectivity index (χ1n) is 10.7. The molecule has 168 valence electrons. The molecule has 12 heteroatoms. The zero-order chi connectivity index (χ0) is 20.4. The Labute approximate surface area is 177 Å².